The number of ether oxygens (including phenoxy) is 1. The highest BCUT2D eigenvalue weighted by Gasteiger charge is 2.31. The van der Waals surface area contributed by atoms with Gasteiger partial charge in [0.1, 0.15) is 0 Å². The van der Waals surface area contributed by atoms with Gasteiger partial charge in [-0.3, -0.25) is 4.79 Å². The first-order valence-corrected chi connectivity index (χ1v) is 5.72. The summed E-state index contributed by atoms with van der Waals surface area (Å²) in [7, 11) is 1.34. The van der Waals surface area contributed by atoms with Gasteiger partial charge in [-0.25, -0.2) is 4.79 Å². The molecule has 0 radical (unpaired) electrons. The molecule has 1 aromatic rings. The Morgan fingerprint density at radius 3 is 2.72 bits per heavy atom. The van der Waals surface area contributed by atoms with E-state index in [0.29, 0.717) is 17.8 Å². The second-order valence-electron chi connectivity index (χ2n) is 4.94. The van der Waals surface area contributed by atoms with Crippen LogP contribution in [0, 0.1) is 5.41 Å². The van der Waals surface area contributed by atoms with Crippen LogP contribution in [0.3, 0.4) is 0 Å². The van der Waals surface area contributed by atoms with Crippen LogP contribution in [-0.4, -0.2) is 25.5 Å². The van der Waals surface area contributed by atoms with Crippen LogP contribution in [0.1, 0.15) is 24.2 Å². The Balaban J connectivity index is 2.36. The summed E-state index contributed by atoms with van der Waals surface area (Å²) in [6.45, 7) is 4.24. The maximum absolute atomic E-state index is 11.9. The first-order valence-electron chi connectivity index (χ1n) is 5.72. The molecule has 1 heterocycles. The van der Waals surface area contributed by atoms with Gasteiger partial charge in [-0.15, -0.1) is 0 Å². The van der Waals surface area contributed by atoms with E-state index < -0.39 is 11.4 Å². The van der Waals surface area contributed by atoms with Gasteiger partial charge in [0.2, 0.25) is 5.91 Å². The zero-order valence-corrected chi connectivity index (χ0v) is 10.7. The number of hydrogen-bond donors (Lipinski definition) is 2. The summed E-state index contributed by atoms with van der Waals surface area (Å²) in [5.41, 5.74) is 1.37. The van der Waals surface area contributed by atoms with Crippen LogP contribution < -0.4 is 10.6 Å². The standard InChI is InChI=1S/C13H16N2O3/c1-13(2)7-14-10-6-8(11(16)18-3)4-5-9(10)15-12(13)17/h4-6,14H,7H2,1-3H3,(H,15,17). The molecule has 0 aromatic heterocycles. The first kappa shape index (κ1) is 12.4. The monoisotopic (exact) mass is 248 g/mol. The van der Waals surface area contributed by atoms with Gasteiger partial charge in [-0.2, -0.15) is 0 Å². The van der Waals surface area contributed by atoms with Crippen LogP contribution in [-0.2, 0) is 9.53 Å². The van der Waals surface area contributed by atoms with E-state index in [0.717, 1.165) is 5.69 Å². The van der Waals surface area contributed by atoms with Crippen molar-refractivity contribution < 1.29 is 14.3 Å². The number of fused-ring (bicyclic) bond motifs is 1. The Morgan fingerprint density at radius 2 is 2.06 bits per heavy atom. The predicted molar refractivity (Wildman–Crippen MR) is 68.7 cm³/mol. The van der Waals surface area contributed by atoms with Crippen LogP contribution in [0.5, 0.6) is 0 Å². The fraction of sp³-hybridized carbons (Fsp3) is 0.385. The topological polar surface area (TPSA) is 67.4 Å². The van der Waals surface area contributed by atoms with Gasteiger partial charge in [-0.1, -0.05) is 0 Å². The number of rotatable bonds is 1. The number of carbonyl (C=O) groups is 2. The van der Waals surface area contributed by atoms with E-state index in [4.69, 9.17) is 0 Å². The second kappa shape index (κ2) is 4.33. The summed E-state index contributed by atoms with van der Waals surface area (Å²) in [6.07, 6.45) is 0. The van der Waals surface area contributed by atoms with Crippen molar-refractivity contribution in [3.63, 3.8) is 0 Å². The van der Waals surface area contributed by atoms with Crippen LogP contribution >= 0.6 is 0 Å². The molecule has 1 amide bonds. The van der Waals surface area contributed by atoms with E-state index in [1.54, 1.807) is 18.2 Å². The molecule has 1 aromatic carbocycles. The molecule has 0 saturated heterocycles. The minimum Gasteiger partial charge on any atom is -0.465 e. The average molecular weight is 248 g/mol. The van der Waals surface area contributed by atoms with Crippen LogP contribution in [0.2, 0.25) is 0 Å². The van der Waals surface area contributed by atoms with Gasteiger partial charge < -0.3 is 15.4 Å². The molecule has 1 aliphatic heterocycles. The van der Waals surface area contributed by atoms with Crippen LogP contribution in [0.15, 0.2) is 18.2 Å². The van der Waals surface area contributed by atoms with Crippen molar-refractivity contribution in [2.75, 3.05) is 24.3 Å². The Morgan fingerprint density at radius 1 is 1.33 bits per heavy atom. The maximum Gasteiger partial charge on any atom is 0.337 e. The smallest absolute Gasteiger partial charge is 0.337 e. The van der Waals surface area contributed by atoms with Crippen molar-refractivity contribution >= 4 is 23.3 Å². The maximum atomic E-state index is 11.9. The van der Waals surface area contributed by atoms with Gasteiger partial charge in [-0.05, 0) is 32.0 Å². The molecular weight excluding hydrogens is 232 g/mol. The summed E-state index contributed by atoms with van der Waals surface area (Å²) in [5, 5.41) is 6.02. The molecule has 96 valence electrons. The lowest BCUT2D eigenvalue weighted by Crippen LogP contribution is -2.34. The lowest BCUT2D eigenvalue weighted by atomic mass is 9.93. The molecule has 0 spiro atoms. The molecule has 0 aliphatic carbocycles. The van der Waals surface area contributed by atoms with Gasteiger partial charge in [0.25, 0.3) is 0 Å². The number of hydrogen-bond acceptors (Lipinski definition) is 4. The Labute approximate surface area is 106 Å². The number of carbonyl (C=O) groups excluding carboxylic acids is 2. The largest absolute Gasteiger partial charge is 0.465 e. The van der Waals surface area contributed by atoms with E-state index in [1.807, 2.05) is 13.8 Å². The highest BCUT2D eigenvalue weighted by molar-refractivity contribution is 6.01. The fourth-order valence-electron chi connectivity index (χ4n) is 1.73. The SMILES string of the molecule is COC(=O)c1ccc2c(c1)NCC(C)(C)C(=O)N2. The molecule has 2 N–H and O–H groups in total. The zero-order valence-electron chi connectivity index (χ0n) is 10.7. The van der Waals surface area contributed by atoms with Gasteiger partial charge in [0, 0.05) is 6.54 Å². The molecule has 0 fully saturated rings. The van der Waals surface area contributed by atoms with E-state index in [9.17, 15) is 9.59 Å². The van der Waals surface area contributed by atoms with E-state index >= 15 is 0 Å². The molecule has 0 bridgehead atoms. The Kier molecular flexibility index (Phi) is 2.98. The summed E-state index contributed by atoms with van der Waals surface area (Å²) in [5.74, 6) is -0.436. The zero-order chi connectivity index (χ0) is 13.3. The van der Waals surface area contributed by atoms with Crippen molar-refractivity contribution in [1.29, 1.82) is 0 Å². The number of benzene rings is 1. The first-order chi connectivity index (χ1) is 8.44. The number of methoxy groups -OCH3 is 1. The van der Waals surface area contributed by atoms with Gasteiger partial charge >= 0.3 is 5.97 Å². The third kappa shape index (κ3) is 2.16. The highest BCUT2D eigenvalue weighted by Crippen LogP contribution is 2.30. The fourth-order valence-corrected chi connectivity index (χ4v) is 1.73. The Bertz CT molecular complexity index is 509. The van der Waals surface area contributed by atoms with Crippen molar-refractivity contribution in [3.8, 4) is 0 Å². The lowest BCUT2D eigenvalue weighted by molar-refractivity contribution is -0.123. The van der Waals surface area contributed by atoms with Crippen molar-refractivity contribution in [3.05, 3.63) is 23.8 Å². The van der Waals surface area contributed by atoms with E-state index in [-0.39, 0.29) is 5.91 Å². The molecule has 18 heavy (non-hydrogen) atoms. The van der Waals surface area contributed by atoms with E-state index in [1.165, 1.54) is 7.11 Å². The molecule has 0 unspecified atom stereocenters. The molecule has 2 rings (SSSR count). The Hall–Kier alpha value is -2.04. The number of amides is 1. The number of anilines is 2. The second-order valence-corrected chi connectivity index (χ2v) is 4.94. The minimum atomic E-state index is -0.496. The van der Waals surface area contributed by atoms with Crippen LogP contribution in [0.25, 0.3) is 0 Å². The molecular formula is C13H16N2O3. The minimum absolute atomic E-state index is 0.0421. The molecule has 5 nitrogen and oxygen atoms in total. The van der Waals surface area contributed by atoms with E-state index in [2.05, 4.69) is 15.4 Å². The third-order valence-electron chi connectivity index (χ3n) is 3.02. The summed E-state index contributed by atoms with van der Waals surface area (Å²) >= 11 is 0. The van der Waals surface area contributed by atoms with Crippen LogP contribution in [0.4, 0.5) is 11.4 Å². The normalized spacial score (nSPS) is 16.9. The summed E-state index contributed by atoms with van der Waals surface area (Å²) < 4.78 is 4.67. The molecule has 1 aliphatic rings. The highest BCUT2D eigenvalue weighted by atomic mass is 16.5. The number of esters is 1. The lowest BCUT2D eigenvalue weighted by Gasteiger charge is -2.19. The predicted octanol–water partition coefficient (Wildman–Crippen LogP) is 1.86. The third-order valence-corrected chi connectivity index (χ3v) is 3.02. The summed E-state index contributed by atoms with van der Waals surface area (Å²) in [6, 6.07) is 5.02. The average Bonchev–Trinajstić information content (AvgIpc) is 2.46. The van der Waals surface area contributed by atoms with Gasteiger partial charge in [0.15, 0.2) is 0 Å². The quantitative estimate of drug-likeness (QED) is 0.744. The number of nitrogens with one attached hydrogen (secondary N) is 2. The summed E-state index contributed by atoms with van der Waals surface area (Å²) in [4.78, 5) is 23.4. The molecule has 0 atom stereocenters. The van der Waals surface area contributed by atoms with Crippen molar-refractivity contribution in [1.82, 2.24) is 0 Å². The molecule has 0 saturated carbocycles. The van der Waals surface area contributed by atoms with Crippen molar-refractivity contribution in [2.45, 2.75) is 13.8 Å². The van der Waals surface area contributed by atoms with Crippen molar-refractivity contribution in [2.24, 2.45) is 5.41 Å². The van der Waals surface area contributed by atoms with Gasteiger partial charge in [0.05, 0.1) is 29.5 Å². The molecule has 5 heteroatoms.